The number of carbonyl (C=O) groups is 1. The molecule has 2 atom stereocenters. The molecule has 2 fully saturated rings. The molecule has 2 aliphatic rings. The van der Waals surface area contributed by atoms with Crippen molar-refractivity contribution in [3.05, 3.63) is 52.3 Å². The Labute approximate surface area is 207 Å². The number of aliphatic hydroxyl groups excluding tert-OH is 1. The Hall–Kier alpha value is -2.43. The fourth-order valence-corrected chi connectivity index (χ4v) is 4.55. The average Bonchev–Trinajstić information content (AvgIpc) is 3.19. The molecule has 2 aliphatic heterocycles. The lowest BCUT2D eigenvalue weighted by Gasteiger charge is -2.38. The quantitative estimate of drug-likeness (QED) is 0.680. The fourth-order valence-electron chi connectivity index (χ4n) is 4.43. The molecule has 0 unspecified atom stereocenters. The maximum atomic E-state index is 13.5. The summed E-state index contributed by atoms with van der Waals surface area (Å²) in [5, 5.41) is 11.3. The Kier molecular flexibility index (Phi) is 7.00. The Bertz CT molecular complexity index is 1030. The third-order valence-electron chi connectivity index (χ3n) is 6.48. The summed E-state index contributed by atoms with van der Waals surface area (Å²) < 4.78 is 40.5. The molecule has 1 amide bonds. The zero-order chi connectivity index (χ0) is 25.5. The smallest absolute Gasteiger partial charge is 0.390 e. The van der Waals surface area contributed by atoms with Gasteiger partial charge in [0.15, 0.2) is 0 Å². The van der Waals surface area contributed by atoms with Crippen LogP contribution in [0.3, 0.4) is 0 Å². The van der Waals surface area contributed by atoms with Crippen LogP contribution in [-0.4, -0.2) is 82.2 Å². The summed E-state index contributed by atoms with van der Waals surface area (Å²) in [7, 11) is 0. The molecule has 2 saturated heterocycles. The number of carbonyl (C=O) groups excluding carboxylic acids is 1. The van der Waals surface area contributed by atoms with E-state index in [1.807, 2.05) is 0 Å². The zero-order valence-corrected chi connectivity index (χ0v) is 20.6. The van der Waals surface area contributed by atoms with E-state index in [4.69, 9.17) is 11.6 Å². The highest BCUT2D eigenvalue weighted by Gasteiger charge is 2.40. The Morgan fingerprint density at radius 3 is 2.17 bits per heavy atom. The van der Waals surface area contributed by atoms with Crippen LogP contribution in [0.5, 0.6) is 0 Å². The maximum absolute atomic E-state index is 13.5. The number of benzene rings is 1. The van der Waals surface area contributed by atoms with Crippen LogP contribution in [-0.2, 0) is 11.6 Å². The van der Waals surface area contributed by atoms with E-state index in [2.05, 4.69) is 14.9 Å². The lowest BCUT2D eigenvalue weighted by atomic mass is 9.91. The summed E-state index contributed by atoms with van der Waals surface area (Å²) in [5.41, 5.74) is -0.726. The second-order valence-corrected chi connectivity index (χ2v) is 10.5. The van der Waals surface area contributed by atoms with Crippen LogP contribution >= 0.6 is 11.6 Å². The molecule has 11 heteroatoms. The molecule has 0 radical (unpaired) electrons. The average molecular weight is 512 g/mol. The van der Waals surface area contributed by atoms with Gasteiger partial charge in [-0.15, -0.1) is 0 Å². The molecule has 0 aliphatic carbocycles. The number of aromatic nitrogens is 2. The highest BCUT2D eigenvalue weighted by Crippen LogP contribution is 2.33. The van der Waals surface area contributed by atoms with Crippen molar-refractivity contribution in [2.24, 2.45) is 0 Å². The molecule has 7 nitrogen and oxygen atoms in total. The van der Waals surface area contributed by atoms with Gasteiger partial charge in [0.25, 0.3) is 5.91 Å². The van der Waals surface area contributed by atoms with Crippen molar-refractivity contribution in [3.63, 3.8) is 0 Å². The van der Waals surface area contributed by atoms with Gasteiger partial charge in [-0.3, -0.25) is 9.69 Å². The van der Waals surface area contributed by atoms with Crippen molar-refractivity contribution < 1.29 is 23.1 Å². The lowest BCUT2D eigenvalue weighted by molar-refractivity contribution is -0.141. The largest absolute Gasteiger partial charge is 0.433 e. The van der Waals surface area contributed by atoms with Crippen molar-refractivity contribution in [1.29, 1.82) is 0 Å². The predicted molar refractivity (Wildman–Crippen MR) is 127 cm³/mol. The van der Waals surface area contributed by atoms with Gasteiger partial charge in [-0.25, -0.2) is 9.97 Å². The molecule has 0 bridgehead atoms. The minimum absolute atomic E-state index is 0.0251. The monoisotopic (exact) mass is 511 g/mol. The van der Waals surface area contributed by atoms with E-state index in [-0.39, 0.29) is 24.4 Å². The molecule has 3 heterocycles. The summed E-state index contributed by atoms with van der Waals surface area (Å²) in [5.74, 6) is -0.107. The Morgan fingerprint density at radius 2 is 1.60 bits per heavy atom. The number of hydrogen-bond donors (Lipinski definition) is 1. The van der Waals surface area contributed by atoms with Crippen molar-refractivity contribution in [3.8, 4) is 0 Å². The van der Waals surface area contributed by atoms with E-state index in [0.717, 1.165) is 6.07 Å². The number of β-amino-alcohol motifs (C(OH)–C–C–N with tert-alkyl or cyclic N) is 1. The molecule has 1 aromatic carbocycles. The van der Waals surface area contributed by atoms with Crippen LogP contribution in [0.2, 0.25) is 5.02 Å². The zero-order valence-electron chi connectivity index (χ0n) is 19.9. The number of nitrogens with zero attached hydrogens (tertiary/aromatic N) is 5. The number of halogens is 4. The number of amides is 1. The second kappa shape index (κ2) is 9.55. The van der Waals surface area contributed by atoms with Crippen molar-refractivity contribution in [1.82, 2.24) is 19.8 Å². The van der Waals surface area contributed by atoms with Gasteiger partial charge in [0.05, 0.1) is 17.8 Å². The molecule has 1 N–H and O–H groups in total. The first-order valence-electron chi connectivity index (χ1n) is 11.5. The molecule has 4 rings (SSSR count). The van der Waals surface area contributed by atoms with Crippen LogP contribution in [0.1, 0.15) is 42.5 Å². The second-order valence-electron chi connectivity index (χ2n) is 10.1. The lowest BCUT2D eigenvalue weighted by Crippen LogP contribution is -2.54. The van der Waals surface area contributed by atoms with E-state index in [1.165, 1.54) is 0 Å². The first-order chi connectivity index (χ1) is 16.3. The SMILES string of the molecule is CC(C)(C)c1cc(C(F)(F)F)nc(N2C[C@@H](O)[C@H](N3CCN(C(=O)c4ccc(Cl)cc4)CC3)C2)n1. The van der Waals surface area contributed by atoms with Crippen molar-refractivity contribution in [2.75, 3.05) is 44.2 Å². The number of anilines is 1. The summed E-state index contributed by atoms with van der Waals surface area (Å²) in [4.78, 5) is 26.4. The van der Waals surface area contributed by atoms with Crippen LogP contribution in [0.15, 0.2) is 30.3 Å². The number of piperazine rings is 1. The van der Waals surface area contributed by atoms with Gasteiger partial charge in [-0.2, -0.15) is 13.2 Å². The number of rotatable bonds is 3. The topological polar surface area (TPSA) is 72.8 Å². The molecule has 190 valence electrons. The Balaban J connectivity index is 1.45. The van der Waals surface area contributed by atoms with Crippen molar-refractivity contribution in [2.45, 2.75) is 44.5 Å². The summed E-state index contributed by atoms with van der Waals surface area (Å²) >= 11 is 5.90. The van der Waals surface area contributed by atoms with Crippen LogP contribution in [0.4, 0.5) is 19.1 Å². The predicted octanol–water partition coefficient (Wildman–Crippen LogP) is 3.45. The van der Waals surface area contributed by atoms with E-state index in [9.17, 15) is 23.1 Å². The van der Waals surface area contributed by atoms with Crippen molar-refractivity contribution >= 4 is 23.5 Å². The normalized spacial score (nSPS) is 22.1. The molecule has 2 aromatic rings. The first kappa shape index (κ1) is 25.7. The summed E-state index contributed by atoms with van der Waals surface area (Å²) in [6, 6.07) is 7.43. The molecule has 35 heavy (non-hydrogen) atoms. The maximum Gasteiger partial charge on any atom is 0.433 e. The van der Waals surface area contributed by atoms with Gasteiger partial charge >= 0.3 is 6.18 Å². The molecule has 0 saturated carbocycles. The van der Waals surface area contributed by atoms with Gasteiger partial charge in [0.1, 0.15) is 5.69 Å². The number of alkyl halides is 3. The van der Waals surface area contributed by atoms with Crippen LogP contribution in [0, 0.1) is 0 Å². The standard InChI is InChI=1S/C24H29ClF3N5O2/c1-23(2,3)19-12-20(24(26,27)28)30-22(29-19)33-13-17(18(34)14-33)31-8-10-32(11-9-31)21(35)15-4-6-16(25)7-5-15/h4-7,12,17-18,34H,8-11,13-14H2,1-3H3/t17-,18-/m1/s1. The minimum Gasteiger partial charge on any atom is -0.390 e. The molecular weight excluding hydrogens is 483 g/mol. The molecular formula is C24H29ClF3N5O2. The Morgan fingerprint density at radius 1 is 1.00 bits per heavy atom. The van der Waals surface area contributed by atoms with Gasteiger partial charge in [0, 0.05) is 55.3 Å². The molecule has 0 spiro atoms. The minimum atomic E-state index is -4.59. The van der Waals surface area contributed by atoms with Gasteiger partial charge < -0.3 is 14.9 Å². The van der Waals surface area contributed by atoms with E-state index >= 15 is 0 Å². The van der Waals surface area contributed by atoms with Gasteiger partial charge in [-0.05, 0) is 30.3 Å². The van der Waals surface area contributed by atoms with E-state index in [0.29, 0.717) is 49.0 Å². The summed E-state index contributed by atoms with van der Waals surface area (Å²) in [6.45, 7) is 7.90. The number of aliphatic hydroxyl groups is 1. The molecule has 1 aromatic heterocycles. The fraction of sp³-hybridized carbons (Fsp3) is 0.542. The van der Waals surface area contributed by atoms with Gasteiger partial charge in [-0.1, -0.05) is 32.4 Å². The third-order valence-corrected chi connectivity index (χ3v) is 6.73. The number of hydrogen-bond acceptors (Lipinski definition) is 6. The highest BCUT2D eigenvalue weighted by atomic mass is 35.5. The van der Waals surface area contributed by atoms with Crippen LogP contribution in [0.25, 0.3) is 0 Å². The van der Waals surface area contributed by atoms with E-state index < -0.39 is 23.4 Å². The highest BCUT2D eigenvalue weighted by molar-refractivity contribution is 6.30. The van der Waals surface area contributed by atoms with Crippen LogP contribution < -0.4 is 4.90 Å². The van der Waals surface area contributed by atoms with Gasteiger partial charge in [0.2, 0.25) is 5.95 Å². The first-order valence-corrected chi connectivity index (χ1v) is 11.9. The summed E-state index contributed by atoms with van der Waals surface area (Å²) in [6.07, 6.45) is -5.37. The third kappa shape index (κ3) is 5.70. The van der Waals surface area contributed by atoms with E-state index in [1.54, 1.807) is 54.8 Å².